The molecule has 0 heterocycles. The van der Waals surface area contributed by atoms with E-state index in [1.807, 2.05) is 12.1 Å². The summed E-state index contributed by atoms with van der Waals surface area (Å²) in [7, 11) is 1.63. The van der Waals surface area contributed by atoms with Crippen LogP contribution in [0.3, 0.4) is 0 Å². The van der Waals surface area contributed by atoms with Crippen molar-refractivity contribution in [1.82, 2.24) is 4.90 Å². The molecule has 0 radical (unpaired) electrons. The van der Waals surface area contributed by atoms with Crippen LogP contribution in [0.1, 0.15) is 51.2 Å². The fourth-order valence-electron chi connectivity index (χ4n) is 3.28. The van der Waals surface area contributed by atoms with Crippen molar-refractivity contribution in [2.75, 3.05) is 26.9 Å². The Morgan fingerprint density at radius 1 is 1.00 bits per heavy atom. The average Bonchev–Trinajstić information content (AvgIpc) is 2.80. The molecule has 2 aromatic rings. The first-order chi connectivity index (χ1) is 16.2. The molecule has 34 heavy (non-hydrogen) atoms. The molecule has 0 aromatic heterocycles. The Balaban J connectivity index is 2.28. The monoisotopic (exact) mass is 511 g/mol. The summed E-state index contributed by atoms with van der Waals surface area (Å²) in [6.45, 7) is 7.78. The van der Waals surface area contributed by atoms with Crippen molar-refractivity contribution in [1.29, 1.82) is 0 Å². The van der Waals surface area contributed by atoms with Gasteiger partial charge in [0.2, 0.25) is 0 Å². The lowest BCUT2D eigenvalue weighted by Gasteiger charge is -2.22. The number of nitrogens with zero attached hydrogens (tertiary/aromatic N) is 1. The fourth-order valence-corrected chi connectivity index (χ4v) is 3.89. The molecule has 1 amide bonds. The molecule has 0 N–H and O–H groups in total. The molecule has 0 aliphatic heterocycles. The van der Waals surface area contributed by atoms with Crippen LogP contribution in [0.25, 0.3) is 0 Å². The molecule has 0 aliphatic carbocycles. The van der Waals surface area contributed by atoms with Gasteiger partial charge in [-0.05, 0) is 62.1 Å². The second-order valence-corrected chi connectivity index (χ2v) is 8.38. The Labute approximate surface area is 210 Å². The second-order valence-electron chi connectivity index (χ2n) is 7.56. The normalized spacial score (nSPS) is 11.5. The lowest BCUT2D eigenvalue weighted by molar-refractivity contribution is -0.144. The van der Waals surface area contributed by atoms with Gasteiger partial charge in [-0.1, -0.05) is 37.0 Å². The highest BCUT2D eigenvalue weighted by Crippen LogP contribution is 2.40. The van der Waals surface area contributed by atoms with Gasteiger partial charge in [0, 0.05) is 12.1 Å². The first-order valence-electron chi connectivity index (χ1n) is 11.1. The number of benzene rings is 2. The van der Waals surface area contributed by atoms with Crippen LogP contribution in [-0.2, 0) is 20.8 Å². The lowest BCUT2D eigenvalue weighted by Crippen LogP contribution is -2.36. The van der Waals surface area contributed by atoms with Crippen molar-refractivity contribution >= 4 is 35.3 Å². The molecular weight excluding hydrogens is 481 g/mol. The molecule has 1 unspecified atom stereocenters. The zero-order valence-electron chi connectivity index (χ0n) is 20.2. The zero-order chi connectivity index (χ0) is 25.3. The molecule has 0 spiro atoms. The third kappa shape index (κ3) is 7.43. The third-order valence-electron chi connectivity index (χ3n) is 5.15. The first-order valence-corrected chi connectivity index (χ1v) is 11.9. The van der Waals surface area contributed by atoms with Crippen LogP contribution in [0.15, 0.2) is 30.3 Å². The zero-order valence-corrected chi connectivity index (χ0v) is 21.7. The topological polar surface area (TPSA) is 74.3 Å². The van der Waals surface area contributed by atoms with E-state index < -0.39 is 12.1 Å². The van der Waals surface area contributed by atoms with E-state index in [2.05, 4.69) is 13.8 Å². The van der Waals surface area contributed by atoms with E-state index in [0.717, 1.165) is 17.7 Å². The largest absolute Gasteiger partial charge is 0.496 e. The van der Waals surface area contributed by atoms with E-state index >= 15 is 0 Å². The maximum Gasteiger partial charge on any atom is 0.410 e. The van der Waals surface area contributed by atoms with Gasteiger partial charge in [-0.2, -0.15) is 0 Å². The Morgan fingerprint density at radius 2 is 1.65 bits per heavy atom. The lowest BCUT2D eigenvalue weighted by atomic mass is 9.97. The average molecular weight is 512 g/mol. The van der Waals surface area contributed by atoms with Crippen LogP contribution in [0.5, 0.6) is 17.2 Å². The van der Waals surface area contributed by atoms with Crippen molar-refractivity contribution < 1.29 is 28.5 Å². The fraction of sp³-hybridized carbons (Fsp3) is 0.440. The minimum absolute atomic E-state index is 0.0536. The van der Waals surface area contributed by atoms with Crippen LogP contribution in [0.2, 0.25) is 10.0 Å². The van der Waals surface area contributed by atoms with Gasteiger partial charge in [-0.15, -0.1) is 0 Å². The van der Waals surface area contributed by atoms with E-state index in [9.17, 15) is 9.59 Å². The number of hydrogen-bond donors (Lipinski definition) is 0. The van der Waals surface area contributed by atoms with Gasteiger partial charge >= 0.3 is 12.1 Å². The smallest absolute Gasteiger partial charge is 0.410 e. The Morgan fingerprint density at radius 3 is 2.21 bits per heavy atom. The summed E-state index contributed by atoms with van der Waals surface area (Å²) in [4.78, 5) is 25.5. The molecule has 2 rings (SSSR count). The SMILES string of the molecule is CCOC(=O)CN(Cc1cc(Cl)c(Oc2ccc(OC)c(C(C)CC)c2)c(Cl)c1)C(=O)OCC. The van der Waals surface area contributed by atoms with Crippen LogP contribution < -0.4 is 9.47 Å². The highest BCUT2D eigenvalue weighted by Gasteiger charge is 2.21. The van der Waals surface area contributed by atoms with E-state index in [1.165, 1.54) is 4.90 Å². The number of ether oxygens (including phenoxy) is 4. The number of methoxy groups -OCH3 is 1. The summed E-state index contributed by atoms with van der Waals surface area (Å²) < 4.78 is 21.5. The maximum absolute atomic E-state index is 12.3. The third-order valence-corrected chi connectivity index (χ3v) is 5.71. The summed E-state index contributed by atoms with van der Waals surface area (Å²) in [6, 6.07) is 8.82. The number of amides is 1. The molecule has 0 aliphatic rings. The van der Waals surface area contributed by atoms with Crippen molar-refractivity contribution in [3.8, 4) is 17.2 Å². The molecule has 0 fully saturated rings. The molecule has 1 atom stereocenters. The van der Waals surface area contributed by atoms with Crippen LogP contribution >= 0.6 is 23.2 Å². The van der Waals surface area contributed by atoms with Crippen molar-refractivity contribution in [2.45, 2.75) is 46.6 Å². The summed E-state index contributed by atoms with van der Waals surface area (Å²) in [6.07, 6.45) is 0.303. The van der Waals surface area contributed by atoms with Crippen LogP contribution in [-0.4, -0.2) is 43.8 Å². The minimum Gasteiger partial charge on any atom is -0.496 e. The van der Waals surface area contributed by atoms with E-state index in [-0.39, 0.29) is 42.3 Å². The van der Waals surface area contributed by atoms with Crippen LogP contribution in [0, 0.1) is 0 Å². The number of halogens is 2. The van der Waals surface area contributed by atoms with Gasteiger partial charge in [0.25, 0.3) is 0 Å². The summed E-state index contributed by atoms with van der Waals surface area (Å²) in [5.41, 5.74) is 1.63. The number of esters is 1. The first kappa shape index (κ1) is 27.6. The van der Waals surface area contributed by atoms with Crippen molar-refractivity contribution in [3.05, 3.63) is 51.5 Å². The predicted molar refractivity (Wildman–Crippen MR) is 132 cm³/mol. The highest BCUT2D eigenvalue weighted by molar-refractivity contribution is 6.37. The summed E-state index contributed by atoms with van der Waals surface area (Å²) in [5.74, 6) is 1.39. The number of carbonyl (C=O) groups is 2. The Bertz CT molecular complexity index is 974. The molecule has 0 saturated carbocycles. The number of rotatable bonds is 11. The standard InChI is InChI=1S/C25H31Cl2NO6/c1-6-16(4)19-13-18(9-10-22(19)31-5)34-24-20(26)11-17(12-21(24)27)14-28(25(30)33-8-3)15-23(29)32-7-2/h9-13,16H,6-8,14-15H2,1-5H3. The second kappa shape index (κ2) is 13.3. The van der Waals surface area contributed by atoms with Crippen molar-refractivity contribution in [2.24, 2.45) is 0 Å². The Kier molecular flexibility index (Phi) is 10.8. The quantitative estimate of drug-likeness (QED) is 0.307. The maximum atomic E-state index is 12.3. The van der Waals surface area contributed by atoms with E-state index in [4.69, 9.17) is 42.1 Å². The van der Waals surface area contributed by atoms with Crippen LogP contribution in [0.4, 0.5) is 4.79 Å². The van der Waals surface area contributed by atoms with Gasteiger partial charge in [0.1, 0.15) is 18.0 Å². The van der Waals surface area contributed by atoms with E-state index in [0.29, 0.717) is 17.1 Å². The van der Waals surface area contributed by atoms with E-state index in [1.54, 1.807) is 39.2 Å². The number of carbonyl (C=O) groups excluding carboxylic acids is 2. The predicted octanol–water partition coefficient (Wildman–Crippen LogP) is 6.83. The number of hydrogen-bond acceptors (Lipinski definition) is 6. The molecule has 186 valence electrons. The van der Waals surface area contributed by atoms with Gasteiger partial charge in [-0.25, -0.2) is 4.79 Å². The molecule has 0 bridgehead atoms. The highest BCUT2D eigenvalue weighted by atomic mass is 35.5. The molecule has 0 saturated heterocycles. The van der Waals surface area contributed by atoms with Crippen molar-refractivity contribution in [3.63, 3.8) is 0 Å². The van der Waals surface area contributed by atoms with Gasteiger partial charge in [0.05, 0.1) is 30.4 Å². The Hall–Kier alpha value is -2.64. The minimum atomic E-state index is -0.640. The molecule has 9 heteroatoms. The summed E-state index contributed by atoms with van der Waals surface area (Å²) >= 11 is 13.0. The van der Waals surface area contributed by atoms with Gasteiger partial charge in [0.15, 0.2) is 5.75 Å². The summed E-state index contributed by atoms with van der Waals surface area (Å²) in [5, 5.41) is 0.534. The molecule has 2 aromatic carbocycles. The molecule has 7 nitrogen and oxygen atoms in total. The van der Waals surface area contributed by atoms with Gasteiger partial charge in [-0.3, -0.25) is 9.69 Å². The van der Waals surface area contributed by atoms with Gasteiger partial charge < -0.3 is 18.9 Å². The molecular formula is C25H31Cl2NO6.